The Labute approximate surface area is 147 Å². The topological polar surface area (TPSA) is 50.9 Å². The van der Waals surface area contributed by atoms with Crippen molar-refractivity contribution in [2.75, 3.05) is 7.05 Å². The molecule has 2 aromatic heterocycles. The van der Waals surface area contributed by atoms with E-state index in [1.807, 2.05) is 47.6 Å². The molecular weight excluding hydrogens is 332 g/mol. The Morgan fingerprint density at radius 3 is 2.48 bits per heavy atom. The summed E-state index contributed by atoms with van der Waals surface area (Å²) in [4.78, 5) is 1.93. The van der Waals surface area contributed by atoms with Gasteiger partial charge >= 0.3 is 0 Å². The van der Waals surface area contributed by atoms with Gasteiger partial charge in [0.15, 0.2) is 5.11 Å². The van der Waals surface area contributed by atoms with Crippen LogP contribution in [-0.4, -0.2) is 36.6 Å². The highest BCUT2D eigenvalue weighted by Gasteiger charge is 2.12. The van der Waals surface area contributed by atoms with Crippen molar-refractivity contribution in [2.24, 2.45) is 0 Å². The molecule has 0 saturated heterocycles. The molecule has 2 rings (SSSR count). The lowest BCUT2D eigenvalue weighted by Crippen LogP contribution is -2.36. The Balaban J connectivity index is 1.91. The first-order valence-corrected chi connectivity index (χ1v) is 8.46. The number of aryl methyl sites for hydroxylation is 3. The van der Waals surface area contributed by atoms with Gasteiger partial charge in [-0.15, -0.1) is 0 Å². The van der Waals surface area contributed by atoms with Gasteiger partial charge in [-0.2, -0.15) is 10.2 Å². The molecule has 0 bridgehead atoms. The number of hydrogen-bond acceptors (Lipinski definition) is 3. The summed E-state index contributed by atoms with van der Waals surface area (Å²) >= 11 is 11.6. The fourth-order valence-corrected chi connectivity index (χ4v) is 2.55. The van der Waals surface area contributed by atoms with E-state index in [4.69, 9.17) is 23.8 Å². The van der Waals surface area contributed by atoms with Gasteiger partial charge in [-0.1, -0.05) is 11.6 Å². The van der Waals surface area contributed by atoms with Crippen LogP contribution in [0.15, 0.2) is 12.4 Å². The van der Waals surface area contributed by atoms with E-state index >= 15 is 0 Å². The summed E-state index contributed by atoms with van der Waals surface area (Å²) in [6, 6.07) is 0. The first kappa shape index (κ1) is 17.7. The SMILES string of the molecule is CCn1cc(CNC(=S)N(C)Cc2nn(CC)cc2Cl)c(C)n1. The Hall–Kier alpha value is -1.60. The average molecular weight is 355 g/mol. The lowest BCUT2D eigenvalue weighted by molar-refractivity contribution is 0.475. The number of rotatable bonds is 6. The quantitative estimate of drug-likeness (QED) is 0.808. The van der Waals surface area contributed by atoms with Gasteiger partial charge in [0.1, 0.15) is 5.69 Å². The van der Waals surface area contributed by atoms with Crippen LogP contribution >= 0.6 is 23.8 Å². The second-order valence-corrected chi connectivity index (χ2v) is 6.18. The Bertz CT molecular complexity index is 678. The van der Waals surface area contributed by atoms with E-state index in [2.05, 4.69) is 22.4 Å². The standard InChI is InChI=1S/C15H23ClN6S/c1-5-21-8-12(11(3)18-21)7-17-15(23)20(4)10-14-13(16)9-22(6-2)19-14/h8-9H,5-7,10H2,1-4H3,(H,17,23). The van der Waals surface area contributed by atoms with Crippen LogP contribution in [0.3, 0.4) is 0 Å². The molecule has 0 spiro atoms. The fraction of sp³-hybridized carbons (Fsp3) is 0.533. The van der Waals surface area contributed by atoms with Crippen LogP contribution in [0, 0.1) is 6.92 Å². The van der Waals surface area contributed by atoms with E-state index in [9.17, 15) is 0 Å². The number of hydrogen-bond donors (Lipinski definition) is 1. The summed E-state index contributed by atoms with van der Waals surface area (Å²) in [5, 5.41) is 13.5. The summed E-state index contributed by atoms with van der Waals surface area (Å²) in [7, 11) is 1.93. The second-order valence-electron chi connectivity index (χ2n) is 5.39. The van der Waals surface area contributed by atoms with E-state index in [0.29, 0.717) is 23.2 Å². The molecule has 0 aliphatic carbocycles. The molecule has 23 heavy (non-hydrogen) atoms. The second kappa shape index (κ2) is 7.79. The van der Waals surface area contributed by atoms with Crippen molar-refractivity contribution in [1.82, 2.24) is 29.8 Å². The predicted molar refractivity (Wildman–Crippen MR) is 96.5 cm³/mol. The molecule has 6 nitrogen and oxygen atoms in total. The zero-order chi connectivity index (χ0) is 17.0. The number of nitrogens with zero attached hydrogens (tertiary/aromatic N) is 5. The van der Waals surface area contributed by atoms with Gasteiger partial charge in [-0.3, -0.25) is 9.36 Å². The lowest BCUT2D eigenvalue weighted by atomic mass is 10.3. The van der Waals surface area contributed by atoms with E-state index in [1.165, 1.54) is 0 Å². The van der Waals surface area contributed by atoms with E-state index < -0.39 is 0 Å². The maximum atomic E-state index is 6.20. The Kier molecular flexibility index (Phi) is 6.01. The molecular formula is C15H23ClN6S. The molecule has 1 N–H and O–H groups in total. The van der Waals surface area contributed by atoms with Crippen LogP contribution in [0.25, 0.3) is 0 Å². The summed E-state index contributed by atoms with van der Waals surface area (Å²) in [5.74, 6) is 0. The van der Waals surface area contributed by atoms with Gasteiger partial charge in [0.25, 0.3) is 0 Å². The number of nitrogens with one attached hydrogen (secondary N) is 1. The van der Waals surface area contributed by atoms with Crippen LogP contribution < -0.4 is 5.32 Å². The highest BCUT2D eigenvalue weighted by atomic mass is 35.5. The highest BCUT2D eigenvalue weighted by Crippen LogP contribution is 2.15. The van der Waals surface area contributed by atoms with Crippen molar-refractivity contribution in [3.63, 3.8) is 0 Å². The van der Waals surface area contributed by atoms with Gasteiger partial charge in [0.05, 0.1) is 17.3 Å². The number of aromatic nitrogens is 4. The molecule has 0 unspecified atom stereocenters. The molecule has 2 heterocycles. The van der Waals surface area contributed by atoms with Crippen LogP contribution in [0.2, 0.25) is 5.02 Å². The van der Waals surface area contributed by atoms with E-state index in [1.54, 1.807) is 0 Å². The van der Waals surface area contributed by atoms with Crippen molar-refractivity contribution in [2.45, 2.75) is 47.0 Å². The van der Waals surface area contributed by atoms with Gasteiger partial charge in [0.2, 0.25) is 0 Å². The molecule has 0 amide bonds. The largest absolute Gasteiger partial charge is 0.358 e. The maximum absolute atomic E-state index is 6.20. The zero-order valence-electron chi connectivity index (χ0n) is 14.0. The molecule has 0 aliphatic rings. The number of thiocarbonyl (C=S) groups is 1. The van der Waals surface area contributed by atoms with Crippen LogP contribution in [0.5, 0.6) is 0 Å². The molecule has 0 aliphatic heterocycles. The van der Waals surface area contributed by atoms with E-state index in [0.717, 1.165) is 30.0 Å². The van der Waals surface area contributed by atoms with Crippen LogP contribution in [0.1, 0.15) is 30.8 Å². The first-order valence-electron chi connectivity index (χ1n) is 7.68. The van der Waals surface area contributed by atoms with Gasteiger partial charge in [-0.05, 0) is 33.0 Å². The minimum atomic E-state index is 0.574. The smallest absolute Gasteiger partial charge is 0.169 e. The zero-order valence-corrected chi connectivity index (χ0v) is 15.6. The first-order chi connectivity index (χ1) is 10.9. The summed E-state index contributed by atoms with van der Waals surface area (Å²) < 4.78 is 3.75. The fourth-order valence-electron chi connectivity index (χ4n) is 2.20. The summed E-state index contributed by atoms with van der Waals surface area (Å²) in [6.45, 7) is 9.00. The average Bonchev–Trinajstić information content (AvgIpc) is 3.07. The lowest BCUT2D eigenvalue weighted by Gasteiger charge is -2.20. The maximum Gasteiger partial charge on any atom is 0.169 e. The third-order valence-electron chi connectivity index (χ3n) is 3.65. The van der Waals surface area contributed by atoms with Crippen molar-refractivity contribution in [3.05, 3.63) is 34.4 Å². The predicted octanol–water partition coefficient (Wildman–Crippen LogP) is 2.59. The molecule has 126 valence electrons. The van der Waals surface area contributed by atoms with Gasteiger partial charge in [0, 0.05) is 44.6 Å². The van der Waals surface area contributed by atoms with Crippen LogP contribution in [0.4, 0.5) is 0 Å². The minimum Gasteiger partial charge on any atom is -0.358 e. The van der Waals surface area contributed by atoms with Gasteiger partial charge < -0.3 is 10.2 Å². The minimum absolute atomic E-state index is 0.574. The number of halogens is 1. The molecule has 0 saturated carbocycles. The highest BCUT2D eigenvalue weighted by molar-refractivity contribution is 7.80. The molecule has 0 fully saturated rings. The Morgan fingerprint density at radius 1 is 1.26 bits per heavy atom. The van der Waals surface area contributed by atoms with Crippen molar-refractivity contribution in [1.29, 1.82) is 0 Å². The summed E-state index contributed by atoms with van der Waals surface area (Å²) in [5.41, 5.74) is 3.00. The molecule has 8 heteroatoms. The van der Waals surface area contributed by atoms with Crippen molar-refractivity contribution in [3.8, 4) is 0 Å². The van der Waals surface area contributed by atoms with Crippen molar-refractivity contribution < 1.29 is 0 Å². The molecule has 0 aromatic carbocycles. The third-order valence-corrected chi connectivity index (χ3v) is 4.42. The monoisotopic (exact) mass is 354 g/mol. The normalized spacial score (nSPS) is 10.8. The van der Waals surface area contributed by atoms with E-state index in [-0.39, 0.29) is 0 Å². The third kappa shape index (κ3) is 4.45. The van der Waals surface area contributed by atoms with Crippen molar-refractivity contribution >= 4 is 28.9 Å². The molecule has 2 aromatic rings. The van der Waals surface area contributed by atoms with Gasteiger partial charge in [-0.25, -0.2) is 0 Å². The Morgan fingerprint density at radius 2 is 1.91 bits per heavy atom. The van der Waals surface area contributed by atoms with Crippen LogP contribution in [-0.2, 0) is 26.2 Å². The molecule has 0 atom stereocenters. The summed E-state index contributed by atoms with van der Waals surface area (Å²) in [6.07, 6.45) is 3.88. The molecule has 0 radical (unpaired) electrons.